The zero-order valence-electron chi connectivity index (χ0n) is 6.11. The van der Waals surface area contributed by atoms with Gasteiger partial charge in [0.15, 0.2) is 12.0 Å². The number of halogens is 1. The molecule has 1 aliphatic carbocycles. The summed E-state index contributed by atoms with van der Waals surface area (Å²) in [6.45, 7) is 0. The number of hydrogen-bond donors (Lipinski definition) is 0. The van der Waals surface area contributed by atoms with Gasteiger partial charge in [-0.2, -0.15) is 0 Å². The molecule has 58 valence electrons. The Labute approximate surface area is 60.6 Å². The Bertz CT molecular complexity index is 114. The highest BCUT2D eigenvalue weighted by Crippen LogP contribution is 2.28. The van der Waals surface area contributed by atoms with E-state index >= 15 is 0 Å². The molecular formula is C8H13FO. The molecule has 1 nitrogen and oxygen atoms in total. The van der Waals surface area contributed by atoms with E-state index in [9.17, 15) is 9.18 Å². The summed E-state index contributed by atoms with van der Waals surface area (Å²) in [6, 6.07) is 0. The molecule has 1 fully saturated rings. The zero-order chi connectivity index (χ0) is 7.45. The minimum absolute atomic E-state index is 0.441. The molecule has 0 saturated heterocycles. The molecule has 1 rings (SSSR count). The first-order valence-corrected chi connectivity index (χ1v) is 3.92. The van der Waals surface area contributed by atoms with Crippen molar-refractivity contribution < 1.29 is 9.18 Å². The third-order valence-corrected chi connectivity index (χ3v) is 2.15. The second-order valence-corrected chi connectivity index (χ2v) is 3.07. The third kappa shape index (κ3) is 1.79. The molecule has 0 bridgehead atoms. The number of carbonyl (C=O) groups excluding carboxylic acids is 1. The summed E-state index contributed by atoms with van der Waals surface area (Å²) < 4.78 is 13.2. The molecule has 0 heterocycles. The van der Waals surface area contributed by atoms with Gasteiger partial charge in [-0.1, -0.05) is 12.8 Å². The van der Waals surface area contributed by atoms with Crippen molar-refractivity contribution in [2.75, 3.05) is 0 Å². The molecule has 0 amide bonds. The second kappa shape index (κ2) is 3.13. The Hall–Kier alpha value is -0.400. The number of rotatable bonds is 1. The van der Waals surface area contributed by atoms with Crippen LogP contribution in [0, 0.1) is 0 Å². The maximum absolute atomic E-state index is 13.2. The quantitative estimate of drug-likeness (QED) is 0.407. The van der Waals surface area contributed by atoms with Crippen molar-refractivity contribution in [2.24, 2.45) is 0 Å². The SMILES string of the molecule is O=CC1(F)CCCCCC1. The highest BCUT2D eigenvalue weighted by molar-refractivity contribution is 5.62. The van der Waals surface area contributed by atoms with Crippen molar-refractivity contribution in [3.63, 3.8) is 0 Å². The van der Waals surface area contributed by atoms with Gasteiger partial charge in [-0.05, 0) is 25.7 Å². The standard InChI is InChI=1S/C8H13FO/c9-8(7-10)5-3-1-2-4-6-8/h7H,1-6H2. The molecule has 0 N–H and O–H groups in total. The molecule has 0 spiro atoms. The predicted molar refractivity (Wildman–Crippen MR) is 37.6 cm³/mol. The van der Waals surface area contributed by atoms with Crippen molar-refractivity contribution in [3.8, 4) is 0 Å². The highest BCUT2D eigenvalue weighted by Gasteiger charge is 2.29. The number of aldehydes is 1. The first-order chi connectivity index (χ1) is 4.77. The third-order valence-electron chi connectivity index (χ3n) is 2.15. The Morgan fingerprint density at radius 3 is 2.00 bits per heavy atom. The summed E-state index contributed by atoms with van der Waals surface area (Å²) in [5, 5.41) is 0. The molecule has 2 heteroatoms. The zero-order valence-corrected chi connectivity index (χ0v) is 6.11. The lowest BCUT2D eigenvalue weighted by Gasteiger charge is -2.14. The predicted octanol–water partition coefficient (Wildman–Crippen LogP) is 2.25. The van der Waals surface area contributed by atoms with Crippen LogP contribution in [-0.2, 0) is 4.79 Å². The molecule has 0 radical (unpaired) electrons. The van der Waals surface area contributed by atoms with Crippen molar-refractivity contribution >= 4 is 6.29 Å². The van der Waals surface area contributed by atoms with E-state index in [1.807, 2.05) is 0 Å². The van der Waals surface area contributed by atoms with Crippen LogP contribution < -0.4 is 0 Å². The molecule has 0 aromatic rings. The topological polar surface area (TPSA) is 17.1 Å². The van der Waals surface area contributed by atoms with Crippen molar-refractivity contribution in [2.45, 2.75) is 44.2 Å². The number of hydrogen-bond acceptors (Lipinski definition) is 1. The van der Waals surface area contributed by atoms with Crippen LogP contribution in [0.1, 0.15) is 38.5 Å². The molecular weight excluding hydrogens is 131 g/mol. The summed E-state index contributed by atoms with van der Waals surface area (Å²) in [5.74, 6) is 0. The maximum atomic E-state index is 13.2. The van der Waals surface area contributed by atoms with Gasteiger partial charge in [-0.15, -0.1) is 0 Å². The van der Waals surface area contributed by atoms with Gasteiger partial charge in [-0.25, -0.2) is 4.39 Å². The second-order valence-electron chi connectivity index (χ2n) is 3.07. The van der Waals surface area contributed by atoms with E-state index in [4.69, 9.17) is 0 Å². The van der Waals surface area contributed by atoms with Crippen LogP contribution in [-0.4, -0.2) is 12.0 Å². The Balaban J connectivity index is 2.48. The largest absolute Gasteiger partial charge is 0.300 e. The lowest BCUT2D eigenvalue weighted by Crippen LogP contribution is -2.23. The molecule has 0 aromatic heterocycles. The maximum Gasteiger partial charge on any atom is 0.165 e. The van der Waals surface area contributed by atoms with Gasteiger partial charge in [0.1, 0.15) is 0 Å². The first kappa shape index (κ1) is 7.70. The van der Waals surface area contributed by atoms with Gasteiger partial charge in [-0.3, -0.25) is 4.79 Å². The minimum atomic E-state index is -1.48. The normalized spacial score (nSPS) is 25.3. The van der Waals surface area contributed by atoms with Crippen molar-refractivity contribution in [3.05, 3.63) is 0 Å². The summed E-state index contributed by atoms with van der Waals surface area (Å²) in [5.41, 5.74) is -1.48. The van der Waals surface area contributed by atoms with Gasteiger partial charge < -0.3 is 0 Å². The molecule has 1 saturated carbocycles. The lowest BCUT2D eigenvalue weighted by molar-refractivity contribution is -0.118. The van der Waals surface area contributed by atoms with Crippen molar-refractivity contribution in [1.82, 2.24) is 0 Å². The van der Waals surface area contributed by atoms with Gasteiger partial charge in [0.05, 0.1) is 0 Å². The molecule has 10 heavy (non-hydrogen) atoms. The van der Waals surface area contributed by atoms with Crippen LogP contribution in [0.4, 0.5) is 4.39 Å². The molecule has 0 atom stereocenters. The van der Waals surface area contributed by atoms with Crippen LogP contribution in [0.25, 0.3) is 0 Å². The van der Waals surface area contributed by atoms with E-state index in [0.717, 1.165) is 25.7 Å². The smallest absolute Gasteiger partial charge is 0.165 e. The van der Waals surface area contributed by atoms with Crippen LogP contribution in [0.5, 0.6) is 0 Å². The van der Waals surface area contributed by atoms with E-state index in [-0.39, 0.29) is 0 Å². The number of alkyl halides is 1. The van der Waals surface area contributed by atoms with Gasteiger partial charge >= 0.3 is 0 Å². The fraction of sp³-hybridized carbons (Fsp3) is 0.875. The minimum Gasteiger partial charge on any atom is -0.300 e. The van der Waals surface area contributed by atoms with E-state index < -0.39 is 5.67 Å². The van der Waals surface area contributed by atoms with Crippen LogP contribution in [0.2, 0.25) is 0 Å². The lowest BCUT2D eigenvalue weighted by atomic mass is 9.99. The van der Waals surface area contributed by atoms with Crippen LogP contribution >= 0.6 is 0 Å². The highest BCUT2D eigenvalue weighted by atomic mass is 19.1. The molecule has 0 unspecified atom stereocenters. The monoisotopic (exact) mass is 144 g/mol. The van der Waals surface area contributed by atoms with E-state index in [0.29, 0.717) is 19.1 Å². The molecule has 0 aromatic carbocycles. The summed E-state index contributed by atoms with van der Waals surface area (Å²) in [7, 11) is 0. The fourth-order valence-electron chi connectivity index (χ4n) is 1.43. The molecule has 0 aliphatic heterocycles. The van der Waals surface area contributed by atoms with Crippen LogP contribution in [0.15, 0.2) is 0 Å². The van der Waals surface area contributed by atoms with Crippen LogP contribution in [0.3, 0.4) is 0 Å². The van der Waals surface area contributed by atoms with E-state index in [1.165, 1.54) is 0 Å². The van der Waals surface area contributed by atoms with Gasteiger partial charge in [0.25, 0.3) is 0 Å². The fourth-order valence-corrected chi connectivity index (χ4v) is 1.43. The van der Waals surface area contributed by atoms with Gasteiger partial charge in [0.2, 0.25) is 0 Å². The summed E-state index contributed by atoms with van der Waals surface area (Å²) >= 11 is 0. The average molecular weight is 144 g/mol. The van der Waals surface area contributed by atoms with Gasteiger partial charge in [0, 0.05) is 0 Å². The Morgan fingerprint density at radius 1 is 1.10 bits per heavy atom. The molecule has 1 aliphatic rings. The van der Waals surface area contributed by atoms with Crippen molar-refractivity contribution in [1.29, 1.82) is 0 Å². The summed E-state index contributed by atoms with van der Waals surface area (Å²) in [4.78, 5) is 10.3. The first-order valence-electron chi connectivity index (χ1n) is 3.92. The Morgan fingerprint density at radius 2 is 1.60 bits per heavy atom. The Kier molecular flexibility index (Phi) is 2.41. The average Bonchev–Trinajstić information content (AvgIpc) is 2.15. The number of carbonyl (C=O) groups is 1. The summed E-state index contributed by atoms with van der Waals surface area (Å²) in [6.07, 6.45) is 5.27. The van der Waals surface area contributed by atoms with E-state index in [2.05, 4.69) is 0 Å². The van der Waals surface area contributed by atoms with E-state index in [1.54, 1.807) is 0 Å².